The molecule has 2 nitrogen and oxygen atoms in total. The van der Waals surface area contributed by atoms with Crippen LogP contribution in [0.25, 0.3) is 0 Å². The topological polar surface area (TPSA) is 26.3 Å². The van der Waals surface area contributed by atoms with Gasteiger partial charge in [-0.05, 0) is 6.92 Å². The number of carbonyl (C=O) groups is 1. The van der Waals surface area contributed by atoms with E-state index < -0.39 is 30.6 Å². The highest BCUT2D eigenvalue weighted by molar-refractivity contribution is 6.62. The molecule has 1 aliphatic rings. The molecule has 1 fully saturated rings. The summed E-state index contributed by atoms with van der Waals surface area (Å²) in [5.41, 5.74) is 0. The first-order valence-electron chi connectivity index (χ1n) is 4.26. The summed E-state index contributed by atoms with van der Waals surface area (Å²) in [7, 11) is 0. The van der Waals surface area contributed by atoms with E-state index >= 15 is 0 Å². The molecule has 0 N–H and O–H groups in total. The van der Waals surface area contributed by atoms with Crippen LogP contribution in [0.4, 0.5) is 12.9 Å². The van der Waals surface area contributed by atoms with Crippen LogP contribution in [0.2, 0.25) is 5.82 Å². The van der Waals surface area contributed by atoms with E-state index in [9.17, 15) is 17.7 Å². The van der Waals surface area contributed by atoms with Crippen LogP contribution < -0.4 is 0 Å². The Morgan fingerprint density at radius 2 is 2.00 bits per heavy atom. The molecule has 1 aliphatic carbocycles. The molecule has 76 valence electrons. The Kier molecular flexibility index (Phi) is 2.59. The minimum atomic E-state index is -4.89. The summed E-state index contributed by atoms with van der Waals surface area (Å²) in [4.78, 5) is 11.0. The molecule has 1 unspecified atom stereocenters. The Labute approximate surface area is 74.5 Å². The molecule has 0 saturated heterocycles. The van der Waals surface area contributed by atoms with Crippen molar-refractivity contribution in [2.24, 2.45) is 11.8 Å². The Morgan fingerprint density at radius 3 is 2.31 bits per heavy atom. The standard InChI is InChI=1S/C7H11BF3O2/c1-3-13-7(12)5-4(2)6(5)8(9,10)11/h4-6H,3H2,1-2H3/q-1/t4?,5-,6+/m1/s1. The molecule has 0 aromatic rings. The number of rotatable bonds is 3. The first-order chi connectivity index (χ1) is 5.89. The normalized spacial score (nSPS) is 32.8. The van der Waals surface area contributed by atoms with E-state index in [0.29, 0.717) is 0 Å². The molecule has 0 aromatic heterocycles. The van der Waals surface area contributed by atoms with Crippen molar-refractivity contribution in [1.29, 1.82) is 0 Å². The highest BCUT2D eigenvalue weighted by atomic mass is 19.4. The van der Waals surface area contributed by atoms with Gasteiger partial charge in [0.1, 0.15) is 0 Å². The van der Waals surface area contributed by atoms with Crippen molar-refractivity contribution in [2.75, 3.05) is 6.61 Å². The number of ether oxygens (including phenoxy) is 1. The number of halogens is 3. The summed E-state index contributed by atoms with van der Waals surface area (Å²) in [6, 6.07) is 0. The highest BCUT2D eigenvalue weighted by Crippen LogP contribution is 2.59. The van der Waals surface area contributed by atoms with Gasteiger partial charge >= 0.3 is 12.9 Å². The Bertz CT molecular complexity index is 216. The van der Waals surface area contributed by atoms with Gasteiger partial charge in [0.15, 0.2) is 0 Å². The van der Waals surface area contributed by atoms with E-state index in [4.69, 9.17) is 0 Å². The third-order valence-electron chi connectivity index (χ3n) is 2.44. The Balaban J connectivity index is 2.53. The van der Waals surface area contributed by atoms with Gasteiger partial charge < -0.3 is 17.7 Å². The van der Waals surface area contributed by atoms with Gasteiger partial charge in [-0.3, -0.25) is 4.79 Å². The first-order valence-corrected chi connectivity index (χ1v) is 4.26. The highest BCUT2D eigenvalue weighted by Gasteiger charge is 2.61. The second kappa shape index (κ2) is 3.23. The maximum Gasteiger partial charge on any atom is 0.482 e. The summed E-state index contributed by atoms with van der Waals surface area (Å²) in [6.07, 6.45) is 0. The summed E-state index contributed by atoms with van der Waals surface area (Å²) < 4.78 is 41.1. The third kappa shape index (κ3) is 1.98. The molecule has 0 spiro atoms. The Hall–Kier alpha value is -0.675. The lowest BCUT2D eigenvalue weighted by molar-refractivity contribution is -0.145. The second-order valence-electron chi connectivity index (χ2n) is 3.34. The van der Waals surface area contributed by atoms with Crippen molar-refractivity contribution in [3.8, 4) is 0 Å². The predicted octanol–water partition coefficient (Wildman–Crippen LogP) is 2.03. The van der Waals surface area contributed by atoms with Crippen LogP contribution in [0.5, 0.6) is 0 Å². The van der Waals surface area contributed by atoms with E-state index in [1.54, 1.807) is 6.92 Å². The van der Waals surface area contributed by atoms with Crippen molar-refractivity contribution < 1.29 is 22.5 Å². The van der Waals surface area contributed by atoms with E-state index in [1.165, 1.54) is 6.92 Å². The molecule has 3 atom stereocenters. The Morgan fingerprint density at radius 1 is 1.46 bits per heavy atom. The molecule has 1 rings (SSSR count). The van der Waals surface area contributed by atoms with Crippen molar-refractivity contribution in [2.45, 2.75) is 19.7 Å². The zero-order valence-electron chi connectivity index (χ0n) is 7.47. The summed E-state index contributed by atoms with van der Waals surface area (Å²) in [6.45, 7) is -1.73. The molecule has 13 heavy (non-hydrogen) atoms. The summed E-state index contributed by atoms with van der Waals surface area (Å²) >= 11 is 0. The fourth-order valence-corrected chi connectivity index (χ4v) is 1.68. The predicted molar refractivity (Wildman–Crippen MR) is 42.1 cm³/mol. The first kappa shape index (κ1) is 10.4. The number of hydrogen-bond donors (Lipinski definition) is 0. The molecule has 6 heteroatoms. The number of hydrogen-bond acceptors (Lipinski definition) is 2. The van der Waals surface area contributed by atoms with Gasteiger partial charge in [0.05, 0.1) is 6.61 Å². The minimum Gasteiger partial charge on any atom is -0.466 e. The quantitative estimate of drug-likeness (QED) is 0.508. The molecule has 0 radical (unpaired) electrons. The van der Waals surface area contributed by atoms with Crippen LogP contribution in [-0.2, 0) is 9.53 Å². The zero-order valence-corrected chi connectivity index (χ0v) is 7.47. The molecule has 1 saturated carbocycles. The molecule has 0 amide bonds. The van der Waals surface area contributed by atoms with Crippen LogP contribution in [-0.4, -0.2) is 19.6 Å². The molecule has 0 heterocycles. The van der Waals surface area contributed by atoms with Crippen molar-refractivity contribution in [1.82, 2.24) is 0 Å². The smallest absolute Gasteiger partial charge is 0.466 e. The monoisotopic (exact) mass is 195 g/mol. The zero-order chi connectivity index (χ0) is 10.2. The van der Waals surface area contributed by atoms with Crippen LogP contribution in [0.15, 0.2) is 0 Å². The molecule has 0 bridgehead atoms. The van der Waals surface area contributed by atoms with Crippen LogP contribution >= 0.6 is 0 Å². The van der Waals surface area contributed by atoms with E-state index in [0.717, 1.165) is 0 Å². The van der Waals surface area contributed by atoms with E-state index in [-0.39, 0.29) is 6.61 Å². The van der Waals surface area contributed by atoms with Gasteiger partial charge in [0, 0.05) is 5.92 Å². The average molecular weight is 195 g/mol. The van der Waals surface area contributed by atoms with Gasteiger partial charge in [-0.15, -0.1) is 0 Å². The second-order valence-corrected chi connectivity index (χ2v) is 3.34. The molecular weight excluding hydrogens is 184 g/mol. The molecular formula is C7H11BF3O2-. The van der Waals surface area contributed by atoms with Crippen LogP contribution in [0.3, 0.4) is 0 Å². The van der Waals surface area contributed by atoms with Gasteiger partial charge in [-0.1, -0.05) is 18.7 Å². The van der Waals surface area contributed by atoms with Crippen molar-refractivity contribution >= 4 is 12.9 Å². The third-order valence-corrected chi connectivity index (χ3v) is 2.44. The molecule has 0 aliphatic heterocycles. The SMILES string of the molecule is CCOC(=O)[C@@H]1C(C)[C@@H]1[B-](F)(F)F. The lowest BCUT2D eigenvalue weighted by atomic mass is 9.81. The van der Waals surface area contributed by atoms with Crippen molar-refractivity contribution in [3.63, 3.8) is 0 Å². The number of esters is 1. The summed E-state index contributed by atoms with van der Waals surface area (Å²) in [5.74, 6) is -3.68. The fraction of sp³-hybridized carbons (Fsp3) is 0.857. The van der Waals surface area contributed by atoms with Gasteiger partial charge in [-0.25, -0.2) is 0 Å². The largest absolute Gasteiger partial charge is 0.482 e. The molecule has 0 aromatic carbocycles. The fourth-order valence-electron chi connectivity index (χ4n) is 1.68. The van der Waals surface area contributed by atoms with Crippen LogP contribution in [0.1, 0.15) is 13.8 Å². The maximum absolute atomic E-state index is 12.2. The maximum atomic E-state index is 12.2. The van der Waals surface area contributed by atoms with Crippen LogP contribution in [0, 0.1) is 11.8 Å². The number of carbonyl (C=O) groups excluding carboxylic acids is 1. The lowest BCUT2D eigenvalue weighted by Gasteiger charge is -2.12. The van der Waals surface area contributed by atoms with E-state index in [1.807, 2.05) is 0 Å². The lowest BCUT2D eigenvalue weighted by Crippen LogP contribution is -2.19. The van der Waals surface area contributed by atoms with E-state index in [2.05, 4.69) is 4.74 Å². The minimum absolute atomic E-state index is 0.139. The van der Waals surface area contributed by atoms with Crippen molar-refractivity contribution in [3.05, 3.63) is 0 Å². The van der Waals surface area contributed by atoms with Gasteiger partial charge in [0.25, 0.3) is 0 Å². The summed E-state index contributed by atoms with van der Waals surface area (Å²) in [5, 5.41) is 0. The average Bonchev–Trinajstić information content (AvgIpc) is 2.60. The van der Waals surface area contributed by atoms with Gasteiger partial charge in [0.2, 0.25) is 0 Å². The van der Waals surface area contributed by atoms with Gasteiger partial charge in [-0.2, -0.15) is 0 Å².